The summed E-state index contributed by atoms with van der Waals surface area (Å²) in [5.41, 5.74) is -0.00304. The first-order valence-corrected chi connectivity index (χ1v) is 6.61. The lowest BCUT2D eigenvalue weighted by Gasteiger charge is -2.07. The summed E-state index contributed by atoms with van der Waals surface area (Å²) < 4.78 is 4.92. The van der Waals surface area contributed by atoms with E-state index in [0.29, 0.717) is 13.0 Å². The summed E-state index contributed by atoms with van der Waals surface area (Å²) in [6.07, 6.45) is 4.74. The number of hydrogen-bond donors (Lipinski definition) is 2. The highest BCUT2D eigenvalue weighted by atomic mass is 16.5. The normalized spacial score (nSPS) is 21.0. The lowest BCUT2D eigenvalue weighted by molar-refractivity contribution is -0.135. The molecule has 1 unspecified atom stereocenters. The van der Waals surface area contributed by atoms with Crippen LogP contribution in [0.2, 0.25) is 0 Å². The van der Waals surface area contributed by atoms with Crippen molar-refractivity contribution in [1.29, 1.82) is 0 Å². The Morgan fingerprint density at radius 2 is 2.05 bits per heavy atom. The summed E-state index contributed by atoms with van der Waals surface area (Å²) in [5.74, 6) is -1.34. The zero-order valence-corrected chi connectivity index (χ0v) is 11.9. The Bertz CT molecular complexity index is 374. The van der Waals surface area contributed by atoms with E-state index in [0.717, 1.165) is 19.3 Å². The molecule has 5 heteroatoms. The molecule has 0 radical (unpaired) electrons. The van der Waals surface area contributed by atoms with Crippen LogP contribution in [-0.2, 0) is 14.3 Å². The molecule has 0 aromatic carbocycles. The number of rotatable bonds is 8. The topological polar surface area (TPSA) is 75.6 Å². The fraction of sp³-hybridized carbons (Fsp3) is 0.714. The molecule has 0 bridgehead atoms. The maximum Gasteiger partial charge on any atom is 0.352 e. The van der Waals surface area contributed by atoms with Crippen LogP contribution in [0, 0.1) is 11.3 Å². The molecule has 0 aliphatic heterocycles. The monoisotopic (exact) mass is 269 g/mol. The average molecular weight is 269 g/mol. The van der Waals surface area contributed by atoms with Gasteiger partial charge in [-0.3, -0.25) is 4.79 Å². The van der Waals surface area contributed by atoms with E-state index >= 15 is 0 Å². The standard InChI is InChI=1S/C14H23NO4/c1-14(2)9-10(14)12(16)15-11(13(17)18)7-5-4-6-8-19-3/h7,10H,4-6,8-9H2,1-3H3,(H,15,16)(H,17,18)/b11-7-. The van der Waals surface area contributed by atoms with Crippen LogP contribution in [0.15, 0.2) is 11.8 Å². The zero-order valence-electron chi connectivity index (χ0n) is 11.9. The maximum absolute atomic E-state index is 11.8. The number of ether oxygens (including phenoxy) is 1. The smallest absolute Gasteiger partial charge is 0.352 e. The first-order chi connectivity index (χ1) is 8.88. The van der Waals surface area contributed by atoms with Gasteiger partial charge in [-0.1, -0.05) is 19.9 Å². The summed E-state index contributed by atoms with van der Waals surface area (Å²) in [4.78, 5) is 22.9. The number of methoxy groups -OCH3 is 1. The number of carbonyl (C=O) groups excluding carboxylic acids is 1. The Morgan fingerprint density at radius 3 is 2.53 bits per heavy atom. The lowest BCUT2D eigenvalue weighted by atomic mass is 10.1. The number of aliphatic carboxylic acids is 1. The Kier molecular flexibility index (Phi) is 5.54. The van der Waals surface area contributed by atoms with Crippen molar-refractivity contribution in [1.82, 2.24) is 5.32 Å². The van der Waals surface area contributed by atoms with Gasteiger partial charge in [0, 0.05) is 19.6 Å². The molecule has 1 saturated carbocycles. The molecule has 19 heavy (non-hydrogen) atoms. The summed E-state index contributed by atoms with van der Waals surface area (Å²) in [7, 11) is 1.64. The third kappa shape index (κ3) is 5.03. The molecule has 1 aliphatic rings. The van der Waals surface area contributed by atoms with E-state index in [-0.39, 0.29) is 22.9 Å². The van der Waals surface area contributed by atoms with E-state index in [1.165, 1.54) is 0 Å². The molecule has 0 heterocycles. The van der Waals surface area contributed by atoms with Gasteiger partial charge in [-0.05, 0) is 31.1 Å². The summed E-state index contributed by atoms with van der Waals surface area (Å²) in [5, 5.41) is 11.6. The van der Waals surface area contributed by atoms with Gasteiger partial charge in [-0.15, -0.1) is 0 Å². The molecule has 0 aromatic rings. The van der Waals surface area contributed by atoms with Crippen molar-refractivity contribution in [3.05, 3.63) is 11.8 Å². The Balaban J connectivity index is 2.42. The predicted molar refractivity (Wildman–Crippen MR) is 71.5 cm³/mol. The molecule has 2 N–H and O–H groups in total. The fourth-order valence-electron chi connectivity index (χ4n) is 1.96. The lowest BCUT2D eigenvalue weighted by Crippen LogP contribution is -2.29. The van der Waals surface area contributed by atoms with Gasteiger partial charge in [0.25, 0.3) is 0 Å². The Labute approximate surface area is 114 Å². The van der Waals surface area contributed by atoms with Crippen molar-refractivity contribution in [2.45, 2.75) is 39.5 Å². The van der Waals surface area contributed by atoms with Crippen molar-refractivity contribution in [2.75, 3.05) is 13.7 Å². The van der Waals surface area contributed by atoms with Crippen molar-refractivity contribution in [3.63, 3.8) is 0 Å². The van der Waals surface area contributed by atoms with Gasteiger partial charge in [-0.2, -0.15) is 0 Å². The van der Waals surface area contributed by atoms with Gasteiger partial charge in [0.15, 0.2) is 0 Å². The number of carboxylic acids is 1. The van der Waals surface area contributed by atoms with Crippen LogP contribution >= 0.6 is 0 Å². The van der Waals surface area contributed by atoms with Gasteiger partial charge in [0.2, 0.25) is 5.91 Å². The molecule has 5 nitrogen and oxygen atoms in total. The zero-order chi connectivity index (χ0) is 14.5. The molecule has 108 valence electrons. The first-order valence-electron chi connectivity index (χ1n) is 6.61. The molecule has 0 aromatic heterocycles. The van der Waals surface area contributed by atoms with E-state index < -0.39 is 5.97 Å². The highest BCUT2D eigenvalue weighted by Crippen LogP contribution is 2.51. The molecule has 0 saturated heterocycles. The van der Waals surface area contributed by atoms with Crippen molar-refractivity contribution < 1.29 is 19.4 Å². The fourth-order valence-corrected chi connectivity index (χ4v) is 1.96. The minimum absolute atomic E-state index is 0.00611. The number of carbonyl (C=O) groups is 2. The van der Waals surface area contributed by atoms with Crippen molar-refractivity contribution in [3.8, 4) is 0 Å². The van der Waals surface area contributed by atoms with Gasteiger partial charge < -0.3 is 15.2 Å². The average Bonchev–Trinajstić information content (AvgIpc) is 2.96. The number of nitrogens with one attached hydrogen (secondary N) is 1. The second kappa shape index (κ2) is 6.70. The second-order valence-electron chi connectivity index (χ2n) is 5.65. The molecular formula is C14H23NO4. The van der Waals surface area contributed by atoms with Gasteiger partial charge >= 0.3 is 5.97 Å². The van der Waals surface area contributed by atoms with Crippen LogP contribution in [0.1, 0.15) is 39.5 Å². The van der Waals surface area contributed by atoms with Crippen LogP contribution in [0.4, 0.5) is 0 Å². The van der Waals surface area contributed by atoms with E-state index in [4.69, 9.17) is 9.84 Å². The predicted octanol–water partition coefficient (Wildman–Crippen LogP) is 1.93. The van der Waals surface area contributed by atoms with Gasteiger partial charge in [0.1, 0.15) is 5.70 Å². The van der Waals surface area contributed by atoms with E-state index in [1.807, 2.05) is 13.8 Å². The summed E-state index contributed by atoms with van der Waals surface area (Å²) in [6, 6.07) is 0. The van der Waals surface area contributed by atoms with Crippen molar-refractivity contribution in [2.24, 2.45) is 11.3 Å². The number of carboxylic acid groups (broad SMARTS) is 1. The first kappa shape index (κ1) is 15.7. The number of unbranched alkanes of at least 4 members (excludes halogenated alkanes) is 2. The molecule has 1 fully saturated rings. The van der Waals surface area contributed by atoms with Crippen LogP contribution in [0.5, 0.6) is 0 Å². The molecule has 0 spiro atoms. The van der Waals surface area contributed by atoms with E-state index in [2.05, 4.69) is 5.32 Å². The molecular weight excluding hydrogens is 246 g/mol. The highest BCUT2D eigenvalue weighted by molar-refractivity contribution is 5.94. The quantitative estimate of drug-likeness (QED) is 0.521. The van der Waals surface area contributed by atoms with Gasteiger partial charge in [0.05, 0.1) is 0 Å². The van der Waals surface area contributed by atoms with Crippen LogP contribution in [0.3, 0.4) is 0 Å². The third-order valence-corrected chi connectivity index (χ3v) is 3.47. The minimum atomic E-state index is -1.08. The summed E-state index contributed by atoms with van der Waals surface area (Å²) >= 11 is 0. The third-order valence-electron chi connectivity index (χ3n) is 3.47. The second-order valence-corrected chi connectivity index (χ2v) is 5.65. The van der Waals surface area contributed by atoms with Crippen LogP contribution < -0.4 is 5.32 Å². The number of allylic oxidation sites excluding steroid dienone is 1. The molecule has 1 amide bonds. The largest absolute Gasteiger partial charge is 0.477 e. The molecule has 1 rings (SSSR count). The summed E-state index contributed by atoms with van der Waals surface area (Å²) in [6.45, 7) is 4.68. The number of hydrogen-bond acceptors (Lipinski definition) is 3. The molecule has 1 aliphatic carbocycles. The Hall–Kier alpha value is -1.36. The van der Waals surface area contributed by atoms with Crippen molar-refractivity contribution >= 4 is 11.9 Å². The van der Waals surface area contributed by atoms with Gasteiger partial charge in [-0.25, -0.2) is 4.79 Å². The molecule has 1 atom stereocenters. The Morgan fingerprint density at radius 1 is 1.42 bits per heavy atom. The van der Waals surface area contributed by atoms with Crippen LogP contribution in [0.25, 0.3) is 0 Å². The minimum Gasteiger partial charge on any atom is -0.477 e. The highest BCUT2D eigenvalue weighted by Gasteiger charge is 2.50. The van der Waals surface area contributed by atoms with E-state index in [9.17, 15) is 9.59 Å². The SMILES string of the molecule is COCCCC/C=C(\NC(=O)C1CC1(C)C)C(=O)O. The maximum atomic E-state index is 11.8. The van der Waals surface area contributed by atoms with Crippen LogP contribution in [-0.4, -0.2) is 30.7 Å². The van der Waals surface area contributed by atoms with E-state index in [1.54, 1.807) is 13.2 Å². The number of amides is 1.